The predicted octanol–water partition coefficient (Wildman–Crippen LogP) is -0.746. The van der Waals surface area contributed by atoms with Crippen molar-refractivity contribution in [1.29, 1.82) is 0 Å². The molecule has 1 atom stereocenters. The van der Waals surface area contributed by atoms with E-state index < -0.39 is 6.10 Å². The van der Waals surface area contributed by atoms with E-state index in [1.54, 1.807) is 18.5 Å². The first-order valence-corrected chi connectivity index (χ1v) is 6.25. The van der Waals surface area contributed by atoms with E-state index >= 15 is 0 Å². The maximum Gasteiger partial charge on any atom is 0.257 e. The molecule has 9 nitrogen and oxygen atoms in total. The Morgan fingerprint density at radius 3 is 2.60 bits per heavy atom. The normalized spacial score (nSPS) is 12.2. The van der Waals surface area contributed by atoms with Gasteiger partial charge in [0.15, 0.2) is 0 Å². The zero-order valence-electron chi connectivity index (χ0n) is 11.1. The lowest BCUT2D eigenvalue weighted by molar-refractivity contribution is 0.105. The van der Waals surface area contributed by atoms with Gasteiger partial charge in [0.2, 0.25) is 11.9 Å². The molecule has 2 aromatic rings. The van der Waals surface area contributed by atoms with Crippen molar-refractivity contribution in [2.75, 3.05) is 30.3 Å². The van der Waals surface area contributed by atoms with Crippen LogP contribution in [0.15, 0.2) is 18.5 Å². The summed E-state index contributed by atoms with van der Waals surface area (Å²) >= 11 is 0. The Bertz CT molecular complexity index is 532. The van der Waals surface area contributed by atoms with Gasteiger partial charge in [0.05, 0.1) is 12.7 Å². The van der Waals surface area contributed by atoms with Gasteiger partial charge in [-0.25, -0.2) is 4.68 Å². The van der Waals surface area contributed by atoms with Crippen molar-refractivity contribution in [2.45, 2.75) is 13.0 Å². The molecule has 0 amide bonds. The second kappa shape index (κ2) is 6.78. The first-order valence-electron chi connectivity index (χ1n) is 6.25. The van der Waals surface area contributed by atoms with E-state index in [0.29, 0.717) is 24.4 Å². The van der Waals surface area contributed by atoms with Crippen molar-refractivity contribution in [3.8, 4) is 5.95 Å². The molecule has 0 aliphatic heterocycles. The number of aliphatic hydroxyl groups excluding tert-OH is 2. The number of nitrogens with one attached hydrogen (secondary N) is 2. The molecule has 0 radical (unpaired) electrons. The fraction of sp³-hybridized carbons (Fsp3) is 0.455. The van der Waals surface area contributed by atoms with Crippen LogP contribution in [0.4, 0.5) is 11.9 Å². The minimum atomic E-state index is -0.873. The van der Waals surface area contributed by atoms with Crippen LogP contribution in [0.5, 0.6) is 0 Å². The zero-order chi connectivity index (χ0) is 14.4. The van der Waals surface area contributed by atoms with E-state index in [9.17, 15) is 5.11 Å². The molecule has 0 fully saturated rings. The van der Waals surface area contributed by atoms with Gasteiger partial charge in [-0.2, -0.15) is 20.1 Å². The first-order chi connectivity index (χ1) is 9.72. The van der Waals surface area contributed by atoms with Crippen molar-refractivity contribution >= 4 is 11.9 Å². The van der Waals surface area contributed by atoms with Gasteiger partial charge in [0.25, 0.3) is 5.95 Å². The van der Waals surface area contributed by atoms with Crippen molar-refractivity contribution in [1.82, 2.24) is 24.7 Å². The van der Waals surface area contributed by atoms with E-state index in [1.807, 2.05) is 6.92 Å². The Morgan fingerprint density at radius 1 is 1.25 bits per heavy atom. The Labute approximate surface area is 115 Å². The molecule has 0 saturated carbocycles. The highest BCUT2D eigenvalue weighted by atomic mass is 16.3. The molecule has 108 valence electrons. The van der Waals surface area contributed by atoms with Crippen LogP contribution in [-0.4, -0.2) is 60.7 Å². The van der Waals surface area contributed by atoms with E-state index in [-0.39, 0.29) is 13.2 Å². The average Bonchev–Trinajstić information content (AvgIpc) is 2.99. The van der Waals surface area contributed by atoms with Crippen LogP contribution in [0.2, 0.25) is 0 Å². The van der Waals surface area contributed by atoms with Gasteiger partial charge in [-0.1, -0.05) is 0 Å². The van der Waals surface area contributed by atoms with Crippen LogP contribution < -0.4 is 10.6 Å². The third kappa shape index (κ3) is 3.62. The maximum absolute atomic E-state index is 9.33. The molecule has 4 N–H and O–H groups in total. The number of anilines is 2. The molecule has 0 aliphatic rings. The SMILES string of the molecule is CCNc1nc(NCC(O)CO)nc(-n2cccn2)n1. The smallest absolute Gasteiger partial charge is 0.257 e. The summed E-state index contributed by atoms with van der Waals surface area (Å²) in [5.74, 6) is 1.07. The highest BCUT2D eigenvalue weighted by molar-refractivity contribution is 5.37. The van der Waals surface area contributed by atoms with Gasteiger partial charge in [0, 0.05) is 25.5 Å². The van der Waals surface area contributed by atoms with Gasteiger partial charge in [-0.3, -0.25) is 0 Å². The fourth-order valence-electron chi connectivity index (χ4n) is 1.44. The Hall–Kier alpha value is -2.26. The van der Waals surface area contributed by atoms with Crippen LogP contribution in [0, 0.1) is 0 Å². The number of aromatic nitrogens is 5. The number of hydrogen-bond donors (Lipinski definition) is 4. The lowest BCUT2D eigenvalue weighted by Gasteiger charge is -2.11. The monoisotopic (exact) mass is 279 g/mol. The molecule has 0 spiro atoms. The van der Waals surface area contributed by atoms with Crippen molar-refractivity contribution < 1.29 is 10.2 Å². The molecule has 9 heteroatoms. The highest BCUT2D eigenvalue weighted by Gasteiger charge is 2.09. The highest BCUT2D eigenvalue weighted by Crippen LogP contribution is 2.08. The number of rotatable bonds is 7. The molecular weight excluding hydrogens is 262 g/mol. The van der Waals surface area contributed by atoms with E-state index in [0.717, 1.165) is 0 Å². The van der Waals surface area contributed by atoms with Gasteiger partial charge in [0.1, 0.15) is 0 Å². The summed E-state index contributed by atoms with van der Waals surface area (Å²) in [5.41, 5.74) is 0. The van der Waals surface area contributed by atoms with E-state index in [4.69, 9.17) is 5.11 Å². The predicted molar refractivity (Wildman–Crippen MR) is 72.7 cm³/mol. The second-order valence-electron chi connectivity index (χ2n) is 3.98. The van der Waals surface area contributed by atoms with Crippen molar-refractivity contribution in [3.05, 3.63) is 18.5 Å². The number of hydrogen-bond acceptors (Lipinski definition) is 8. The summed E-state index contributed by atoms with van der Waals surface area (Å²) in [6.45, 7) is 2.41. The zero-order valence-corrected chi connectivity index (χ0v) is 11.1. The van der Waals surface area contributed by atoms with Crippen molar-refractivity contribution in [2.24, 2.45) is 0 Å². The van der Waals surface area contributed by atoms with E-state index in [1.165, 1.54) is 4.68 Å². The molecule has 0 bridgehead atoms. The van der Waals surface area contributed by atoms with Crippen LogP contribution in [-0.2, 0) is 0 Å². The summed E-state index contributed by atoms with van der Waals surface area (Å²) in [5, 5.41) is 28.0. The molecule has 0 aliphatic carbocycles. The van der Waals surface area contributed by atoms with Gasteiger partial charge in [-0.15, -0.1) is 0 Å². The summed E-state index contributed by atoms with van der Waals surface area (Å²) in [4.78, 5) is 12.6. The Balaban J connectivity index is 2.22. The first kappa shape index (κ1) is 14.2. The summed E-state index contributed by atoms with van der Waals surface area (Å²) < 4.78 is 1.51. The van der Waals surface area contributed by atoms with Crippen molar-refractivity contribution in [3.63, 3.8) is 0 Å². The lowest BCUT2D eigenvalue weighted by Crippen LogP contribution is -2.24. The molecular formula is C11H17N7O2. The van der Waals surface area contributed by atoms with Gasteiger partial charge in [-0.05, 0) is 13.0 Å². The fourth-order valence-corrected chi connectivity index (χ4v) is 1.44. The standard InChI is InChI=1S/C11H17N7O2/c1-2-12-9-15-10(13-6-8(20)7-19)17-11(16-9)18-5-3-4-14-18/h3-5,8,19-20H,2,6-7H2,1H3,(H2,12,13,15,16,17). The minimum absolute atomic E-state index is 0.143. The van der Waals surface area contributed by atoms with Gasteiger partial charge >= 0.3 is 0 Å². The van der Waals surface area contributed by atoms with E-state index in [2.05, 4.69) is 30.7 Å². The van der Waals surface area contributed by atoms with Gasteiger partial charge < -0.3 is 20.8 Å². The topological polar surface area (TPSA) is 121 Å². The summed E-state index contributed by atoms with van der Waals surface area (Å²) in [7, 11) is 0. The Morgan fingerprint density at radius 2 is 2.00 bits per heavy atom. The third-order valence-corrected chi connectivity index (χ3v) is 2.37. The molecule has 20 heavy (non-hydrogen) atoms. The molecule has 0 saturated heterocycles. The molecule has 0 aromatic carbocycles. The van der Waals surface area contributed by atoms with Crippen LogP contribution in [0.25, 0.3) is 5.95 Å². The maximum atomic E-state index is 9.33. The second-order valence-corrected chi connectivity index (χ2v) is 3.98. The van der Waals surface area contributed by atoms with Crippen LogP contribution in [0.3, 0.4) is 0 Å². The summed E-state index contributed by atoms with van der Waals surface area (Å²) in [6.07, 6.45) is 2.47. The van der Waals surface area contributed by atoms with Crippen LogP contribution >= 0.6 is 0 Å². The quantitative estimate of drug-likeness (QED) is 0.522. The number of aliphatic hydroxyl groups is 2. The van der Waals surface area contributed by atoms with Crippen LogP contribution in [0.1, 0.15) is 6.92 Å². The Kier molecular flexibility index (Phi) is 4.80. The molecule has 1 unspecified atom stereocenters. The average molecular weight is 279 g/mol. The summed E-state index contributed by atoms with van der Waals surface area (Å²) in [6, 6.07) is 1.76. The molecule has 2 heterocycles. The third-order valence-electron chi connectivity index (χ3n) is 2.37. The minimum Gasteiger partial charge on any atom is -0.394 e. The largest absolute Gasteiger partial charge is 0.394 e. The molecule has 2 aromatic heterocycles. The molecule has 2 rings (SSSR count). The number of nitrogens with zero attached hydrogens (tertiary/aromatic N) is 5. The lowest BCUT2D eigenvalue weighted by atomic mass is 10.4.